The average molecular weight is 136 g/mol. The fourth-order valence-electron chi connectivity index (χ4n) is 4.50. The summed E-state index contributed by atoms with van der Waals surface area (Å²) in [6, 6.07) is 0. The van der Waals surface area contributed by atoms with E-state index in [0.717, 1.165) is 23.2 Å². The third-order valence-electron chi connectivity index (χ3n) is 4.97. The zero-order chi connectivity index (χ0) is 6.93. The van der Waals surface area contributed by atoms with E-state index in [2.05, 4.69) is 13.8 Å². The highest BCUT2D eigenvalue weighted by molar-refractivity contribution is 5.19. The van der Waals surface area contributed by atoms with E-state index < -0.39 is 0 Å². The van der Waals surface area contributed by atoms with Crippen molar-refractivity contribution in [3.63, 3.8) is 0 Å². The molecule has 4 rings (SSSR count). The molecule has 2 bridgehead atoms. The lowest BCUT2D eigenvalue weighted by molar-refractivity contribution is -0.137. The Morgan fingerprint density at radius 3 is 2.30 bits per heavy atom. The van der Waals surface area contributed by atoms with Crippen molar-refractivity contribution >= 4 is 0 Å². The quantitative estimate of drug-likeness (QED) is 0.480. The minimum absolute atomic E-state index is 0.907. The van der Waals surface area contributed by atoms with Crippen LogP contribution >= 0.6 is 0 Å². The Hall–Kier alpha value is 0. The molecule has 4 aliphatic carbocycles. The second-order valence-corrected chi connectivity index (χ2v) is 4.93. The van der Waals surface area contributed by atoms with Crippen molar-refractivity contribution in [2.75, 3.05) is 0 Å². The molecule has 0 nitrogen and oxygen atoms in total. The first kappa shape index (κ1) is 5.62. The van der Waals surface area contributed by atoms with Gasteiger partial charge in [0.1, 0.15) is 0 Å². The molecule has 0 radical (unpaired) electrons. The summed E-state index contributed by atoms with van der Waals surface area (Å²) in [6.45, 7) is 4.96. The van der Waals surface area contributed by atoms with Gasteiger partial charge in [0.05, 0.1) is 0 Å². The van der Waals surface area contributed by atoms with Crippen LogP contribution in [0.1, 0.15) is 33.1 Å². The molecule has 0 aliphatic heterocycles. The van der Waals surface area contributed by atoms with Crippen molar-refractivity contribution < 1.29 is 0 Å². The molecule has 5 atom stereocenters. The highest BCUT2D eigenvalue weighted by atomic mass is 14.8. The maximum Gasteiger partial charge on any atom is -0.0235 e. The van der Waals surface area contributed by atoms with Gasteiger partial charge in [-0.3, -0.25) is 0 Å². The highest BCUT2D eigenvalue weighted by Crippen LogP contribution is 2.78. The van der Waals surface area contributed by atoms with Crippen molar-refractivity contribution in [1.29, 1.82) is 0 Å². The van der Waals surface area contributed by atoms with Crippen LogP contribution in [0.25, 0.3) is 0 Å². The predicted molar refractivity (Wildman–Crippen MR) is 41.6 cm³/mol. The van der Waals surface area contributed by atoms with E-state index in [0.29, 0.717) is 0 Å². The summed E-state index contributed by atoms with van der Waals surface area (Å²) < 4.78 is 0. The Morgan fingerprint density at radius 2 is 2.10 bits per heavy atom. The Labute approximate surface area is 63.0 Å². The molecule has 0 N–H and O–H groups in total. The molecule has 0 saturated heterocycles. The molecule has 1 spiro atoms. The van der Waals surface area contributed by atoms with Gasteiger partial charge < -0.3 is 0 Å². The Bertz CT molecular complexity index is 176. The minimum Gasteiger partial charge on any atom is -0.0622 e. The Morgan fingerprint density at radius 1 is 1.30 bits per heavy atom. The number of hydrogen-bond acceptors (Lipinski definition) is 0. The average Bonchev–Trinajstić information content (AvgIpc) is 2.22. The summed E-state index contributed by atoms with van der Waals surface area (Å²) in [7, 11) is 0. The largest absolute Gasteiger partial charge is 0.0622 e. The first-order valence-electron chi connectivity index (χ1n) is 4.76. The zero-order valence-electron chi connectivity index (χ0n) is 6.93. The van der Waals surface area contributed by atoms with Gasteiger partial charge in [-0.05, 0) is 48.3 Å². The van der Waals surface area contributed by atoms with Crippen molar-refractivity contribution in [1.82, 2.24) is 0 Å². The van der Waals surface area contributed by atoms with Crippen LogP contribution in [0.3, 0.4) is 0 Å². The number of hydrogen-bond donors (Lipinski definition) is 0. The maximum atomic E-state index is 2.49. The second-order valence-electron chi connectivity index (χ2n) is 4.93. The fraction of sp³-hybridized carbons (Fsp3) is 1.00. The van der Waals surface area contributed by atoms with Crippen LogP contribution in [0.15, 0.2) is 0 Å². The molecule has 0 heterocycles. The van der Waals surface area contributed by atoms with E-state index >= 15 is 0 Å². The summed E-state index contributed by atoms with van der Waals surface area (Å²) in [6.07, 6.45) is 4.71. The summed E-state index contributed by atoms with van der Waals surface area (Å²) in [4.78, 5) is 0. The van der Waals surface area contributed by atoms with Crippen LogP contribution in [0.4, 0.5) is 0 Å². The van der Waals surface area contributed by atoms with Gasteiger partial charge in [0.15, 0.2) is 0 Å². The first-order chi connectivity index (χ1) is 4.76. The smallest absolute Gasteiger partial charge is 0.0235 e. The molecule has 4 aliphatic rings. The first-order valence-corrected chi connectivity index (χ1v) is 4.76. The topological polar surface area (TPSA) is 0 Å². The lowest BCUT2D eigenvalue weighted by atomic mass is 9.42. The normalized spacial score (nSPS) is 70.2. The van der Waals surface area contributed by atoms with E-state index in [-0.39, 0.29) is 0 Å². The monoisotopic (exact) mass is 136 g/mol. The number of fused-ring (bicyclic) bond motifs is 1. The zero-order valence-corrected chi connectivity index (χ0v) is 6.93. The van der Waals surface area contributed by atoms with E-state index in [1.807, 2.05) is 0 Å². The van der Waals surface area contributed by atoms with Crippen molar-refractivity contribution in [3.05, 3.63) is 0 Å². The second kappa shape index (κ2) is 1.31. The van der Waals surface area contributed by atoms with Crippen molar-refractivity contribution in [2.45, 2.75) is 33.1 Å². The SMILES string of the molecule is CC1CC23CCC2C1C3C. The van der Waals surface area contributed by atoms with Crippen molar-refractivity contribution in [3.8, 4) is 0 Å². The van der Waals surface area contributed by atoms with Crippen LogP contribution in [-0.4, -0.2) is 0 Å². The molecule has 0 heteroatoms. The van der Waals surface area contributed by atoms with Crippen LogP contribution < -0.4 is 0 Å². The standard InChI is InChI=1S/C10H16/c1-6-5-10-4-3-8(10)9(6)7(10)2/h6-9H,3-5H2,1-2H3. The molecule has 5 unspecified atom stereocenters. The van der Waals surface area contributed by atoms with E-state index in [4.69, 9.17) is 0 Å². The van der Waals surface area contributed by atoms with Crippen molar-refractivity contribution in [2.24, 2.45) is 29.1 Å². The van der Waals surface area contributed by atoms with Gasteiger partial charge >= 0.3 is 0 Å². The van der Waals surface area contributed by atoms with Gasteiger partial charge in [-0.25, -0.2) is 0 Å². The van der Waals surface area contributed by atoms with Crippen LogP contribution in [0.5, 0.6) is 0 Å². The lowest BCUT2D eigenvalue weighted by Gasteiger charge is -2.62. The minimum atomic E-state index is 0.907. The third kappa shape index (κ3) is 0.320. The third-order valence-corrected chi connectivity index (χ3v) is 4.97. The molecule has 0 amide bonds. The Balaban J connectivity index is 2.01. The van der Waals surface area contributed by atoms with Gasteiger partial charge in [0, 0.05) is 0 Å². The molecule has 4 saturated carbocycles. The summed E-state index contributed by atoms with van der Waals surface area (Å²) in [5, 5.41) is 0. The number of rotatable bonds is 0. The molecule has 4 fully saturated rings. The molecular weight excluding hydrogens is 120 g/mol. The Kier molecular flexibility index (Phi) is 0.735. The van der Waals surface area contributed by atoms with E-state index in [1.54, 1.807) is 19.3 Å². The summed E-state index contributed by atoms with van der Waals surface area (Å²) in [5.74, 6) is 4.51. The van der Waals surface area contributed by atoms with Gasteiger partial charge in [-0.2, -0.15) is 0 Å². The lowest BCUT2D eigenvalue weighted by Crippen LogP contribution is -2.55. The highest BCUT2D eigenvalue weighted by Gasteiger charge is 2.70. The molecule has 0 aromatic carbocycles. The maximum absolute atomic E-state index is 2.49. The summed E-state index contributed by atoms with van der Waals surface area (Å²) in [5.41, 5.74) is 0.907. The molecule has 10 heavy (non-hydrogen) atoms. The van der Waals surface area contributed by atoms with E-state index in [9.17, 15) is 0 Å². The van der Waals surface area contributed by atoms with Gasteiger partial charge in [0.2, 0.25) is 0 Å². The molecule has 0 aromatic heterocycles. The molecular formula is C10H16. The summed E-state index contributed by atoms with van der Waals surface area (Å²) >= 11 is 0. The fourth-order valence-corrected chi connectivity index (χ4v) is 4.50. The van der Waals surface area contributed by atoms with Gasteiger partial charge in [-0.15, -0.1) is 0 Å². The van der Waals surface area contributed by atoms with Crippen LogP contribution in [0.2, 0.25) is 0 Å². The predicted octanol–water partition coefficient (Wildman–Crippen LogP) is 2.69. The van der Waals surface area contributed by atoms with Gasteiger partial charge in [-0.1, -0.05) is 13.8 Å². The molecule has 0 aromatic rings. The molecule has 56 valence electrons. The van der Waals surface area contributed by atoms with Gasteiger partial charge in [0.25, 0.3) is 0 Å². The van der Waals surface area contributed by atoms with E-state index in [1.165, 1.54) is 5.92 Å². The van der Waals surface area contributed by atoms with Crippen LogP contribution in [-0.2, 0) is 0 Å². The van der Waals surface area contributed by atoms with Crippen LogP contribution in [0, 0.1) is 29.1 Å².